The van der Waals surface area contributed by atoms with Crippen LogP contribution in [0.15, 0.2) is 72.9 Å². The number of hydrogen-bond acceptors (Lipinski definition) is 2. The molecule has 1 heterocycles. The van der Waals surface area contributed by atoms with Gasteiger partial charge in [0, 0.05) is 58.7 Å². The smallest absolute Gasteiger partial charge is 0.221 e. The van der Waals surface area contributed by atoms with Gasteiger partial charge in [-0.1, -0.05) is 85.0 Å². The zero-order chi connectivity index (χ0) is 29.1. The van der Waals surface area contributed by atoms with E-state index >= 15 is 0 Å². The first-order valence-electron chi connectivity index (χ1n) is 15.9. The lowest BCUT2D eigenvalue weighted by Crippen LogP contribution is -2.40. The molecule has 2 aliphatic carbocycles. The Morgan fingerprint density at radius 2 is 1.74 bits per heavy atom. The summed E-state index contributed by atoms with van der Waals surface area (Å²) in [5.74, 6) is 0.772. The average Bonchev–Trinajstić information content (AvgIpc) is 3.35. The number of carbonyl (C=O) groups is 1. The zero-order valence-corrected chi connectivity index (χ0v) is 25.6. The monoisotopic (exact) mass is 581 g/mol. The summed E-state index contributed by atoms with van der Waals surface area (Å²) in [5, 5.41) is 5.34. The van der Waals surface area contributed by atoms with Gasteiger partial charge in [0.25, 0.3) is 0 Å². The molecule has 2 saturated carbocycles. The Morgan fingerprint density at radius 1 is 0.952 bits per heavy atom. The van der Waals surface area contributed by atoms with Crippen molar-refractivity contribution in [1.29, 1.82) is 0 Å². The lowest BCUT2D eigenvalue weighted by atomic mass is 9.86. The molecule has 0 saturated heterocycles. The van der Waals surface area contributed by atoms with E-state index in [1.807, 2.05) is 18.2 Å². The summed E-state index contributed by atoms with van der Waals surface area (Å²) in [7, 11) is 0. The highest BCUT2D eigenvalue weighted by atomic mass is 35.5. The van der Waals surface area contributed by atoms with Crippen LogP contribution in [0.5, 0.6) is 0 Å². The number of hydrogen-bond donors (Lipinski definition) is 2. The lowest BCUT2D eigenvalue weighted by molar-refractivity contribution is -0.122. The van der Waals surface area contributed by atoms with Crippen molar-refractivity contribution in [1.82, 2.24) is 9.88 Å². The third kappa shape index (κ3) is 6.61. The van der Waals surface area contributed by atoms with Crippen LogP contribution in [0.2, 0.25) is 5.02 Å². The molecule has 220 valence electrons. The highest BCUT2D eigenvalue weighted by Crippen LogP contribution is 2.39. The van der Waals surface area contributed by atoms with Gasteiger partial charge in [0.15, 0.2) is 0 Å². The molecule has 0 bridgehead atoms. The maximum absolute atomic E-state index is 13.7. The number of halogens is 1. The maximum Gasteiger partial charge on any atom is 0.221 e. The van der Waals surface area contributed by atoms with Crippen LogP contribution < -0.4 is 11.1 Å². The molecule has 1 atom stereocenters. The van der Waals surface area contributed by atoms with Crippen LogP contribution in [-0.2, 0) is 11.3 Å². The number of nitrogens with zero attached hydrogens (tertiary/aromatic N) is 1. The van der Waals surface area contributed by atoms with Crippen molar-refractivity contribution in [3.8, 4) is 11.1 Å². The van der Waals surface area contributed by atoms with E-state index < -0.39 is 0 Å². The average molecular weight is 582 g/mol. The molecular weight excluding hydrogens is 538 g/mol. The second kappa shape index (κ2) is 13.1. The molecule has 6 rings (SSSR count). The minimum absolute atomic E-state index is 0.0488. The number of amides is 1. The Hall–Kier alpha value is -3.08. The molecular formula is C37H44ClN3O. The lowest BCUT2D eigenvalue weighted by Gasteiger charge is -2.27. The summed E-state index contributed by atoms with van der Waals surface area (Å²) in [6.45, 7) is 3.16. The third-order valence-corrected chi connectivity index (χ3v) is 9.95. The summed E-state index contributed by atoms with van der Waals surface area (Å²) in [6, 6.07) is 24.0. The molecule has 1 aromatic heterocycles. The van der Waals surface area contributed by atoms with Crippen molar-refractivity contribution < 1.29 is 4.79 Å². The van der Waals surface area contributed by atoms with Crippen molar-refractivity contribution in [2.45, 2.75) is 95.7 Å². The third-order valence-electron chi connectivity index (χ3n) is 9.62. The molecule has 3 aromatic carbocycles. The molecule has 4 nitrogen and oxygen atoms in total. The Kier molecular flexibility index (Phi) is 9.02. The van der Waals surface area contributed by atoms with Gasteiger partial charge in [-0.3, -0.25) is 4.79 Å². The standard InChI is InChI=1S/C37H44ClN3O/c1-25-8-7-11-27(20-25)32(22-37(42)40-30-17-15-29(39)16-18-30)34-24-41(23-26-9-3-2-4-10-26)36-19-14-28(21-33(34)36)31-12-5-6-13-35(31)38/h5-8,11-14,19-21,24,26,29-30,32H,2-4,9-10,15-18,22-23,39H2,1H3,(H,40,42)/t29-,30-,32?. The van der Waals surface area contributed by atoms with Crippen molar-refractivity contribution in [3.05, 3.63) is 94.6 Å². The number of aryl methyl sites for hydroxylation is 1. The molecule has 0 aliphatic heterocycles. The fourth-order valence-corrected chi connectivity index (χ4v) is 7.54. The SMILES string of the molecule is Cc1cccc(C(CC(=O)N[C@H]2CC[C@H](N)CC2)c2cn(CC3CCCCC3)c3ccc(-c4ccccc4Cl)cc23)c1. The van der Waals surface area contributed by atoms with E-state index in [-0.39, 0.29) is 23.9 Å². The Bertz CT molecular complexity index is 1530. The minimum atomic E-state index is -0.0488. The number of nitrogens with one attached hydrogen (secondary N) is 1. The first-order valence-corrected chi connectivity index (χ1v) is 16.3. The van der Waals surface area contributed by atoms with Crippen molar-refractivity contribution in [2.24, 2.45) is 11.7 Å². The van der Waals surface area contributed by atoms with Gasteiger partial charge in [0.2, 0.25) is 5.91 Å². The zero-order valence-electron chi connectivity index (χ0n) is 24.8. The number of fused-ring (bicyclic) bond motifs is 1. The van der Waals surface area contributed by atoms with Crippen LogP contribution in [0.3, 0.4) is 0 Å². The summed E-state index contributed by atoms with van der Waals surface area (Å²) in [4.78, 5) is 13.7. The van der Waals surface area contributed by atoms with Crippen molar-refractivity contribution in [3.63, 3.8) is 0 Å². The minimum Gasteiger partial charge on any atom is -0.353 e. The Balaban J connectivity index is 1.42. The molecule has 4 aromatic rings. The van der Waals surface area contributed by atoms with E-state index in [1.54, 1.807) is 0 Å². The molecule has 1 amide bonds. The second-order valence-electron chi connectivity index (χ2n) is 12.8. The fraction of sp³-hybridized carbons (Fsp3) is 0.432. The summed E-state index contributed by atoms with van der Waals surface area (Å²) < 4.78 is 2.47. The predicted molar refractivity (Wildman–Crippen MR) is 175 cm³/mol. The van der Waals surface area contributed by atoms with Crippen molar-refractivity contribution >= 4 is 28.4 Å². The predicted octanol–water partition coefficient (Wildman–Crippen LogP) is 8.76. The number of nitrogens with two attached hydrogens (primary N) is 1. The Morgan fingerprint density at radius 3 is 2.50 bits per heavy atom. The highest BCUT2D eigenvalue weighted by molar-refractivity contribution is 6.33. The Labute approximate surface area is 255 Å². The van der Waals surface area contributed by atoms with Gasteiger partial charge in [-0.15, -0.1) is 0 Å². The van der Waals surface area contributed by atoms with E-state index in [1.165, 1.54) is 59.7 Å². The van der Waals surface area contributed by atoms with Gasteiger partial charge in [0.05, 0.1) is 0 Å². The van der Waals surface area contributed by atoms with Gasteiger partial charge in [0.1, 0.15) is 0 Å². The van der Waals surface area contributed by atoms with E-state index in [2.05, 4.69) is 71.5 Å². The molecule has 0 spiro atoms. The molecule has 1 unspecified atom stereocenters. The number of carbonyl (C=O) groups excluding carboxylic acids is 1. The summed E-state index contributed by atoms with van der Waals surface area (Å²) >= 11 is 6.66. The van der Waals surface area contributed by atoms with E-state index in [0.29, 0.717) is 12.3 Å². The topological polar surface area (TPSA) is 60.1 Å². The highest BCUT2D eigenvalue weighted by Gasteiger charge is 2.27. The first-order chi connectivity index (χ1) is 20.4. The van der Waals surface area contributed by atoms with Gasteiger partial charge in [-0.25, -0.2) is 0 Å². The molecule has 42 heavy (non-hydrogen) atoms. The summed E-state index contributed by atoms with van der Waals surface area (Å²) in [6.07, 6.45) is 13.2. The maximum atomic E-state index is 13.7. The molecule has 5 heteroatoms. The number of aromatic nitrogens is 1. The van der Waals surface area contributed by atoms with Crippen LogP contribution in [-0.4, -0.2) is 22.6 Å². The first kappa shape index (κ1) is 29.0. The van der Waals surface area contributed by atoms with E-state index in [0.717, 1.165) is 48.4 Å². The van der Waals surface area contributed by atoms with E-state index in [4.69, 9.17) is 17.3 Å². The van der Waals surface area contributed by atoms with Crippen LogP contribution >= 0.6 is 11.6 Å². The normalized spacial score (nSPS) is 20.5. The van der Waals surface area contributed by atoms with Crippen LogP contribution in [0.1, 0.15) is 86.8 Å². The molecule has 2 aliphatic rings. The van der Waals surface area contributed by atoms with Gasteiger partial charge in [-0.2, -0.15) is 0 Å². The van der Waals surface area contributed by atoms with Crippen molar-refractivity contribution in [2.75, 3.05) is 0 Å². The molecule has 0 radical (unpaired) electrons. The largest absolute Gasteiger partial charge is 0.353 e. The number of rotatable bonds is 8. The van der Waals surface area contributed by atoms with E-state index in [9.17, 15) is 4.79 Å². The molecule has 3 N–H and O–H groups in total. The van der Waals surface area contributed by atoms with Crippen LogP contribution in [0.4, 0.5) is 0 Å². The van der Waals surface area contributed by atoms with Crippen LogP contribution in [0.25, 0.3) is 22.0 Å². The fourth-order valence-electron chi connectivity index (χ4n) is 7.29. The van der Waals surface area contributed by atoms with Gasteiger partial charge in [-0.05, 0) is 86.3 Å². The quantitative estimate of drug-likeness (QED) is 0.218. The van der Waals surface area contributed by atoms with Gasteiger partial charge >= 0.3 is 0 Å². The molecule has 2 fully saturated rings. The number of benzene rings is 3. The second-order valence-corrected chi connectivity index (χ2v) is 13.2. The van der Waals surface area contributed by atoms with Gasteiger partial charge < -0.3 is 15.6 Å². The van der Waals surface area contributed by atoms with Crippen LogP contribution in [0, 0.1) is 12.8 Å². The summed E-state index contributed by atoms with van der Waals surface area (Å²) in [5.41, 5.74) is 13.1.